The minimum atomic E-state index is -0.804. The SMILES string of the molecule is Cc1c2c(-c3nc(-c4ccc(F)cc4F)no3)ncn2c2ccccc2[n+]1[O-]. The summed E-state index contributed by atoms with van der Waals surface area (Å²) in [6.07, 6.45) is 1.56. The van der Waals surface area contributed by atoms with Gasteiger partial charge in [0, 0.05) is 19.1 Å². The molecule has 0 spiro atoms. The number of para-hydroxylation sites is 2. The average Bonchev–Trinajstić information content (AvgIpc) is 3.33. The summed E-state index contributed by atoms with van der Waals surface area (Å²) in [5, 5.41) is 16.4. The molecular weight excluding hydrogens is 368 g/mol. The van der Waals surface area contributed by atoms with Crippen LogP contribution in [0.4, 0.5) is 8.78 Å². The van der Waals surface area contributed by atoms with Crippen molar-refractivity contribution in [1.82, 2.24) is 19.5 Å². The topological polar surface area (TPSA) is 83.2 Å². The van der Waals surface area contributed by atoms with Crippen molar-refractivity contribution < 1.29 is 18.0 Å². The predicted molar refractivity (Wildman–Crippen MR) is 95.0 cm³/mol. The van der Waals surface area contributed by atoms with E-state index < -0.39 is 11.6 Å². The number of imidazole rings is 1. The van der Waals surface area contributed by atoms with E-state index in [0.29, 0.717) is 27.9 Å². The molecule has 7 nitrogen and oxygen atoms in total. The van der Waals surface area contributed by atoms with E-state index in [9.17, 15) is 14.0 Å². The quantitative estimate of drug-likeness (QED) is 0.347. The van der Waals surface area contributed by atoms with Crippen molar-refractivity contribution in [2.45, 2.75) is 6.92 Å². The molecule has 0 amide bonds. The lowest BCUT2D eigenvalue weighted by Crippen LogP contribution is -2.32. The Balaban J connectivity index is 1.72. The molecule has 0 atom stereocenters. The van der Waals surface area contributed by atoms with Gasteiger partial charge in [-0.25, -0.2) is 13.8 Å². The summed E-state index contributed by atoms with van der Waals surface area (Å²) in [6, 6.07) is 10.2. The molecule has 0 fully saturated rings. The second kappa shape index (κ2) is 5.81. The van der Waals surface area contributed by atoms with Crippen molar-refractivity contribution in [3.63, 3.8) is 0 Å². The van der Waals surface area contributed by atoms with Gasteiger partial charge < -0.3 is 9.73 Å². The summed E-state index contributed by atoms with van der Waals surface area (Å²) in [6.45, 7) is 1.66. The molecule has 0 aliphatic rings. The van der Waals surface area contributed by atoms with Gasteiger partial charge in [-0.2, -0.15) is 9.71 Å². The molecule has 2 aromatic carbocycles. The fraction of sp³-hybridized carbons (Fsp3) is 0.0526. The minimum Gasteiger partial charge on any atom is -0.618 e. The molecule has 0 saturated heterocycles. The van der Waals surface area contributed by atoms with Crippen molar-refractivity contribution in [2.75, 3.05) is 0 Å². The van der Waals surface area contributed by atoms with Gasteiger partial charge in [0.25, 0.3) is 5.89 Å². The Morgan fingerprint density at radius 3 is 2.79 bits per heavy atom. The first-order valence-electron chi connectivity index (χ1n) is 8.32. The molecule has 0 N–H and O–H groups in total. The Bertz CT molecular complexity index is 1380. The summed E-state index contributed by atoms with van der Waals surface area (Å²) in [5.41, 5.74) is 2.37. The van der Waals surface area contributed by atoms with E-state index in [0.717, 1.165) is 16.9 Å². The Morgan fingerprint density at radius 1 is 1.14 bits per heavy atom. The van der Waals surface area contributed by atoms with E-state index in [-0.39, 0.29) is 17.3 Å². The van der Waals surface area contributed by atoms with Gasteiger partial charge in [0.1, 0.15) is 29.0 Å². The van der Waals surface area contributed by atoms with Gasteiger partial charge in [-0.3, -0.25) is 4.40 Å². The molecule has 5 rings (SSSR count). The number of halogens is 2. The number of fused-ring (bicyclic) bond motifs is 3. The van der Waals surface area contributed by atoms with E-state index in [1.54, 1.807) is 35.9 Å². The highest BCUT2D eigenvalue weighted by molar-refractivity contribution is 5.82. The Morgan fingerprint density at radius 2 is 1.96 bits per heavy atom. The monoisotopic (exact) mass is 379 g/mol. The van der Waals surface area contributed by atoms with Crippen LogP contribution >= 0.6 is 0 Å². The van der Waals surface area contributed by atoms with Crippen LogP contribution < -0.4 is 4.73 Å². The maximum absolute atomic E-state index is 14.0. The lowest BCUT2D eigenvalue weighted by atomic mass is 10.2. The zero-order chi connectivity index (χ0) is 19.4. The van der Waals surface area contributed by atoms with Crippen LogP contribution in [0.3, 0.4) is 0 Å². The Labute approximate surface area is 156 Å². The lowest BCUT2D eigenvalue weighted by Gasteiger charge is -2.08. The molecule has 0 radical (unpaired) electrons. The first-order valence-corrected chi connectivity index (χ1v) is 8.32. The number of benzene rings is 2. The van der Waals surface area contributed by atoms with Crippen LogP contribution in [-0.2, 0) is 0 Å². The second-order valence-corrected chi connectivity index (χ2v) is 6.23. The van der Waals surface area contributed by atoms with Crippen molar-refractivity contribution in [3.05, 3.63) is 71.3 Å². The highest BCUT2D eigenvalue weighted by Crippen LogP contribution is 2.28. The van der Waals surface area contributed by atoms with Crippen LogP contribution in [0.5, 0.6) is 0 Å². The summed E-state index contributed by atoms with van der Waals surface area (Å²) in [4.78, 5) is 8.51. The highest BCUT2D eigenvalue weighted by atomic mass is 19.1. The molecule has 0 aliphatic carbocycles. The van der Waals surface area contributed by atoms with Crippen LogP contribution in [0.25, 0.3) is 39.5 Å². The van der Waals surface area contributed by atoms with Crippen LogP contribution in [0.15, 0.2) is 53.3 Å². The van der Waals surface area contributed by atoms with E-state index in [1.807, 2.05) is 6.07 Å². The third-order valence-electron chi connectivity index (χ3n) is 4.58. The van der Waals surface area contributed by atoms with Crippen molar-refractivity contribution >= 4 is 16.6 Å². The Hall–Kier alpha value is -3.88. The molecule has 3 aromatic heterocycles. The molecule has 0 saturated carbocycles. The first kappa shape index (κ1) is 16.3. The first-order chi connectivity index (χ1) is 13.5. The van der Waals surface area contributed by atoms with Gasteiger partial charge in [0.2, 0.25) is 17.0 Å². The molecule has 0 unspecified atom stereocenters. The lowest BCUT2D eigenvalue weighted by molar-refractivity contribution is -0.583. The molecule has 9 heteroatoms. The molecule has 28 heavy (non-hydrogen) atoms. The number of hydrogen-bond donors (Lipinski definition) is 0. The van der Waals surface area contributed by atoms with Crippen LogP contribution in [-0.4, -0.2) is 19.5 Å². The van der Waals surface area contributed by atoms with Crippen LogP contribution in [0, 0.1) is 23.8 Å². The van der Waals surface area contributed by atoms with E-state index in [4.69, 9.17) is 4.52 Å². The maximum atomic E-state index is 14.0. The normalized spacial score (nSPS) is 11.5. The molecule has 0 aliphatic heterocycles. The second-order valence-electron chi connectivity index (χ2n) is 6.23. The zero-order valence-corrected chi connectivity index (χ0v) is 14.4. The number of aryl methyl sites for hydroxylation is 1. The van der Waals surface area contributed by atoms with Gasteiger partial charge in [-0.1, -0.05) is 17.3 Å². The van der Waals surface area contributed by atoms with Crippen molar-refractivity contribution in [3.8, 4) is 23.0 Å². The standard InChI is InChI=1S/C19H11F2N5O2/c1-10-17-16(22-9-25(17)14-4-2-3-5-15(14)26(10)27)19-23-18(24-28-19)12-7-6-11(20)8-13(12)21/h2-9H,1H3. The fourth-order valence-electron chi connectivity index (χ4n) is 3.25. The van der Waals surface area contributed by atoms with Gasteiger partial charge >= 0.3 is 0 Å². The van der Waals surface area contributed by atoms with Gasteiger partial charge in [-0.15, -0.1) is 0 Å². The summed E-state index contributed by atoms with van der Waals surface area (Å²) in [7, 11) is 0. The molecule has 5 aromatic rings. The average molecular weight is 379 g/mol. The minimum absolute atomic E-state index is 0.000903. The highest BCUT2D eigenvalue weighted by Gasteiger charge is 2.24. The van der Waals surface area contributed by atoms with Gasteiger partial charge in [-0.05, 0) is 18.2 Å². The van der Waals surface area contributed by atoms with Crippen molar-refractivity contribution in [1.29, 1.82) is 0 Å². The smallest absolute Gasteiger partial charge is 0.279 e. The maximum Gasteiger partial charge on any atom is 0.279 e. The number of rotatable bonds is 2. The number of hydrogen-bond acceptors (Lipinski definition) is 5. The van der Waals surface area contributed by atoms with Gasteiger partial charge in [0.05, 0.1) is 5.56 Å². The van der Waals surface area contributed by atoms with E-state index in [2.05, 4.69) is 15.1 Å². The number of nitrogens with zero attached hydrogens (tertiary/aromatic N) is 5. The summed E-state index contributed by atoms with van der Waals surface area (Å²) < 4.78 is 35.0. The summed E-state index contributed by atoms with van der Waals surface area (Å²) >= 11 is 0. The van der Waals surface area contributed by atoms with Gasteiger partial charge in [0.15, 0.2) is 5.69 Å². The molecular formula is C19H11F2N5O2. The Kier molecular flexibility index (Phi) is 3.38. The summed E-state index contributed by atoms with van der Waals surface area (Å²) in [5.74, 6) is -1.52. The molecule has 138 valence electrons. The van der Waals surface area contributed by atoms with Crippen LogP contribution in [0.2, 0.25) is 0 Å². The fourth-order valence-corrected chi connectivity index (χ4v) is 3.25. The van der Waals surface area contributed by atoms with Crippen LogP contribution in [0.1, 0.15) is 5.69 Å². The van der Waals surface area contributed by atoms with Crippen molar-refractivity contribution in [2.24, 2.45) is 0 Å². The third kappa shape index (κ3) is 2.26. The number of aromatic nitrogens is 5. The zero-order valence-electron chi connectivity index (χ0n) is 14.4. The largest absolute Gasteiger partial charge is 0.618 e. The predicted octanol–water partition coefficient (Wildman–Crippen LogP) is 3.42. The van der Waals surface area contributed by atoms with E-state index >= 15 is 0 Å². The van der Waals surface area contributed by atoms with E-state index in [1.165, 1.54) is 6.07 Å². The third-order valence-corrected chi connectivity index (χ3v) is 4.58. The molecule has 0 bridgehead atoms. The molecule has 3 heterocycles.